The number of hydrogen-bond donors (Lipinski definition) is 3. The molecule has 0 radical (unpaired) electrons. The quantitative estimate of drug-likeness (QED) is 0.333. The number of methoxy groups -OCH3 is 1. The lowest BCUT2D eigenvalue weighted by Crippen LogP contribution is -2.39. The Morgan fingerprint density at radius 3 is 1.76 bits per heavy atom. The molecule has 1 aliphatic heterocycles. The molecule has 38 heavy (non-hydrogen) atoms. The van der Waals surface area contributed by atoms with Crippen LogP contribution >= 0.6 is 0 Å². The first-order valence-corrected chi connectivity index (χ1v) is 13.6. The Morgan fingerprint density at radius 2 is 1.32 bits per heavy atom. The maximum atomic E-state index is 12.7. The van der Waals surface area contributed by atoms with Crippen LogP contribution in [0.15, 0.2) is 72.8 Å². The van der Waals surface area contributed by atoms with Crippen LogP contribution in [-0.2, 0) is 10.8 Å². The molecule has 2 atom stereocenters. The van der Waals surface area contributed by atoms with Crippen molar-refractivity contribution in [3.05, 3.63) is 95.1 Å². The molecule has 0 aromatic heterocycles. The van der Waals surface area contributed by atoms with Crippen molar-refractivity contribution in [3.63, 3.8) is 0 Å². The van der Waals surface area contributed by atoms with E-state index >= 15 is 0 Å². The average Bonchev–Trinajstić information content (AvgIpc) is 3.32. The first-order valence-electron chi connectivity index (χ1n) is 13.6. The van der Waals surface area contributed by atoms with E-state index in [0.29, 0.717) is 0 Å². The van der Waals surface area contributed by atoms with Gasteiger partial charge in [0.25, 0.3) is 0 Å². The number of hydrogen-bond acceptors (Lipinski definition) is 3. The first-order chi connectivity index (χ1) is 17.9. The summed E-state index contributed by atoms with van der Waals surface area (Å²) in [6.07, 6.45) is 0.850. The van der Waals surface area contributed by atoms with E-state index in [1.807, 2.05) is 24.3 Å². The summed E-state index contributed by atoms with van der Waals surface area (Å²) in [6, 6.07) is 25.6. The van der Waals surface area contributed by atoms with Gasteiger partial charge in [-0.15, -0.1) is 0 Å². The fourth-order valence-electron chi connectivity index (χ4n) is 5.20. The van der Waals surface area contributed by atoms with Gasteiger partial charge < -0.3 is 20.7 Å². The van der Waals surface area contributed by atoms with Crippen LogP contribution in [0.3, 0.4) is 0 Å². The van der Waals surface area contributed by atoms with Gasteiger partial charge in [-0.1, -0.05) is 90.1 Å². The first kappa shape index (κ1) is 27.7. The van der Waals surface area contributed by atoms with Gasteiger partial charge in [-0.2, -0.15) is 0 Å². The Morgan fingerprint density at radius 1 is 0.816 bits per heavy atom. The molecule has 0 saturated carbocycles. The maximum absolute atomic E-state index is 12.7. The second-order valence-electron chi connectivity index (χ2n) is 12.5. The van der Waals surface area contributed by atoms with Gasteiger partial charge in [0.05, 0.1) is 7.11 Å². The smallest absolute Gasteiger partial charge is 0.319 e. The summed E-state index contributed by atoms with van der Waals surface area (Å²) < 4.78 is 5.20. The predicted octanol–water partition coefficient (Wildman–Crippen LogP) is 6.97. The Labute approximate surface area is 228 Å². The Hall–Kier alpha value is -3.31. The van der Waals surface area contributed by atoms with Crippen LogP contribution in [0, 0.1) is 0 Å². The normalized spacial score (nSPS) is 17.9. The Bertz CT molecular complexity index is 1150. The molecule has 0 bridgehead atoms. The fourth-order valence-corrected chi connectivity index (χ4v) is 5.20. The molecule has 1 heterocycles. The van der Waals surface area contributed by atoms with E-state index < -0.39 is 0 Å². The SMILES string of the molecule is COc1ccc(NC(=O)N[C@H]2CN[C@@H](C(c3ccc(C(C)(C)C)cc3)c3ccc(C(C)(C)C)cc3)C2)cc1. The molecule has 2 amide bonds. The van der Waals surface area contributed by atoms with Crippen molar-refractivity contribution < 1.29 is 9.53 Å². The topological polar surface area (TPSA) is 62.4 Å². The lowest BCUT2D eigenvalue weighted by molar-refractivity contribution is 0.249. The highest BCUT2D eigenvalue weighted by Gasteiger charge is 2.33. The zero-order chi connectivity index (χ0) is 27.5. The molecular formula is C33H43N3O2. The van der Waals surface area contributed by atoms with Crippen LogP contribution in [0.1, 0.15) is 76.1 Å². The molecule has 0 unspecified atom stereocenters. The van der Waals surface area contributed by atoms with Gasteiger partial charge in [0.1, 0.15) is 5.75 Å². The molecule has 1 aliphatic rings. The van der Waals surface area contributed by atoms with E-state index in [2.05, 4.69) is 106 Å². The molecule has 3 aromatic rings. The van der Waals surface area contributed by atoms with Crippen LogP contribution in [0.4, 0.5) is 10.5 Å². The summed E-state index contributed by atoms with van der Waals surface area (Å²) in [6.45, 7) is 14.2. The molecule has 202 valence electrons. The maximum Gasteiger partial charge on any atom is 0.319 e. The lowest BCUT2D eigenvalue weighted by Gasteiger charge is -2.27. The molecule has 1 saturated heterocycles. The average molecular weight is 514 g/mol. The molecule has 5 nitrogen and oxygen atoms in total. The van der Waals surface area contributed by atoms with Gasteiger partial charge in [0, 0.05) is 30.2 Å². The monoisotopic (exact) mass is 513 g/mol. The van der Waals surface area contributed by atoms with E-state index in [9.17, 15) is 4.79 Å². The number of amides is 2. The molecule has 5 heteroatoms. The number of benzene rings is 3. The van der Waals surface area contributed by atoms with Gasteiger partial charge in [-0.3, -0.25) is 0 Å². The Kier molecular flexibility index (Phi) is 8.17. The predicted molar refractivity (Wildman–Crippen MR) is 157 cm³/mol. The minimum atomic E-state index is -0.191. The number of ether oxygens (including phenoxy) is 1. The minimum absolute atomic E-state index is 0.0449. The van der Waals surface area contributed by atoms with Crippen LogP contribution < -0.4 is 20.7 Å². The van der Waals surface area contributed by atoms with Crippen molar-refractivity contribution in [2.75, 3.05) is 19.0 Å². The summed E-state index contributed by atoms with van der Waals surface area (Å²) in [5.74, 6) is 0.949. The van der Waals surface area contributed by atoms with Crippen molar-refractivity contribution in [1.29, 1.82) is 0 Å². The largest absolute Gasteiger partial charge is 0.497 e. The number of anilines is 1. The number of urea groups is 1. The van der Waals surface area contributed by atoms with Crippen LogP contribution in [0.2, 0.25) is 0 Å². The fraction of sp³-hybridized carbons (Fsp3) is 0.424. The molecule has 0 aliphatic carbocycles. The van der Waals surface area contributed by atoms with Crippen molar-refractivity contribution in [1.82, 2.24) is 10.6 Å². The van der Waals surface area contributed by atoms with Crippen molar-refractivity contribution in [2.24, 2.45) is 0 Å². The van der Waals surface area contributed by atoms with Gasteiger partial charge in [-0.25, -0.2) is 4.79 Å². The molecule has 0 spiro atoms. The van der Waals surface area contributed by atoms with Crippen LogP contribution in [0.5, 0.6) is 5.75 Å². The van der Waals surface area contributed by atoms with Gasteiger partial charge in [-0.05, 0) is 63.8 Å². The summed E-state index contributed by atoms with van der Waals surface area (Å²) in [5, 5.41) is 9.81. The second kappa shape index (κ2) is 11.2. The van der Waals surface area contributed by atoms with E-state index in [-0.39, 0.29) is 34.9 Å². The van der Waals surface area contributed by atoms with Gasteiger partial charge in [0.15, 0.2) is 0 Å². The van der Waals surface area contributed by atoms with Crippen molar-refractivity contribution in [3.8, 4) is 5.75 Å². The van der Waals surface area contributed by atoms with E-state index in [1.54, 1.807) is 7.11 Å². The molecule has 3 aromatic carbocycles. The highest BCUT2D eigenvalue weighted by atomic mass is 16.5. The van der Waals surface area contributed by atoms with E-state index in [0.717, 1.165) is 24.4 Å². The number of carbonyl (C=O) groups is 1. The summed E-state index contributed by atoms with van der Waals surface area (Å²) in [5.41, 5.74) is 6.21. The number of carbonyl (C=O) groups excluding carboxylic acids is 1. The summed E-state index contributed by atoms with van der Waals surface area (Å²) in [7, 11) is 1.63. The van der Waals surface area contributed by atoms with Crippen LogP contribution in [0.25, 0.3) is 0 Å². The summed E-state index contributed by atoms with van der Waals surface area (Å²) >= 11 is 0. The molecule has 3 N–H and O–H groups in total. The highest BCUT2D eigenvalue weighted by Crippen LogP contribution is 2.35. The third-order valence-electron chi connectivity index (χ3n) is 7.52. The van der Waals surface area contributed by atoms with Gasteiger partial charge >= 0.3 is 6.03 Å². The molecule has 1 fully saturated rings. The third kappa shape index (κ3) is 6.76. The van der Waals surface area contributed by atoms with E-state index in [1.165, 1.54) is 22.3 Å². The second-order valence-corrected chi connectivity index (χ2v) is 12.5. The van der Waals surface area contributed by atoms with Gasteiger partial charge in [0.2, 0.25) is 0 Å². The summed E-state index contributed by atoms with van der Waals surface area (Å²) in [4.78, 5) is 12.7. The van der Waals surface area contributed by atoms with Crippen molar-refractivity contribution >= 4 is 11.7 Å². The number of nitrogens with one attached hydrogen (secondary N) is 3. The minimum Gasteiger partial charge on any atom is -0.497 e. The zero-order valence-electron chi connectivity index (χ0n) is 23.9. The molecular weight excluding hydrogens is 470 g/mol. The molecule has 4 rings (SSSR count). The standard InChI is InChI=1S/C33H43N3O2/c1-32(2,3)24-12-8-22(9-13-24)30(23-10-14-25(15-11-23)33(4,5)6)29-20-27(21-34-29)36-31(37)35-26-16-18-28(38-7)19-17-26/h8-19,27,29-30,34H,20-21H2,1-7H3,(H2,35,36,37)/t27-,29-/m1/s1. The highest BCUT2D eigenvalue weighted by molar-refractivity contribution is 5.89. The number of rotatable bonds is 6. The van der Waals surface area contributed by atoms with Crippen molar-refractivity contribution in [2.45, 2.75) is 76.8 Å². The lowest BCUT2D eigenvalue weighted by atomic mass is 9.80. The van der Waals surface area contributed by atoms with Crippen LogP contribution in [-0.4, -0.2) is 31.8 Å². The Balaban J connectivity index is 1.51. The van der Waals surface area contributed by atoms with E-state index in [4.69, 9.17) is 4.74 Å². The zero-order valence-corrected chi connectivity index (χ0v) is 23.9. The third-order valence-corrected chi connectivity index (χ3v) is 7.52.